The summed E-state index contributed by atoms with van der Waals surface area (Å²) in [5, 5.41) is 0. The normalized spacial score (nSPS) is 21.0. The maximum Gasteiger partial charge on any atom is 0.251 e. The Bertz CT molecular complexity index is 713. The molecule has 1 aromatic carbocycles. The van der Waals surface area contributed by atoms with Crippen LogP contribution in [0.2, 0.25) is 0 Å². The van der Waals surface area contributed by atoms with Gasteiger partial charge in [0.2, 0.25) is 0 Å². The van der Waals surface area contributed by atoms with Crippen molar-refractivity contribution in [3.05, 3.63) is 53.6 Å². The summed E-state index contributed by atoms with van der Waals surface area (Å²) in [5.41, 5.74) is 2.43. The van der Waals surface area contributed by atoms with E-state index < -0.39 is 0 Å². The molecule has 2 aliphatic heterocycles. The number of aryl methyl sites for hydroxylation is 1. The Labute approximate surface area is 142 Å². The highest BCUT2D eigenvalue weighted by Crippen LogP contribution is 2.29. The number of hydrogen-bond acceptors (Lipinski definition) is 3. The molecule has 0 radical (unpaired) electrons. The van der Waals surface area contributed by atoms with Gasteiger partial charge < -0.3 is 14.2 Å². The molecule has 0 bridgehead atoms. The molecule has 2 fully saturated rings. The SMILES string of the molecule is Cc1cnc(C2CN(C(=O)C3CCCO3)C2)n1Cc1ccccc1. The number of carbonyl (C=O) groups excluding carboxylic acids is 1. The van der Waals surface area contributed by atoms with Crippen molar-refractivity contribution in [2.45, 2.75) is 38.3 Å². The van der Waals surface area contributed by atoms with E-state index in [9.17, 15) is 4.79 Å². The number of rotatable bonds is 4. The smallest absolute Gasteiger partial charge is 0.251 e. The Morgan fingerprint density at radius 2 is 2.08 bits per heavy atom. The lowest BCUT2D eigenvalue weighted by Gasteiger charge is -2.40. The van der Waals surface area contributed by atoms with Crippen molar-refractivity contribution in [1.29, 1.82) is 0 Å². The molecule has 2 aromatic rings. The maximum absolute atomic E-state index is 12.4. The van der Waals surface area contributed by atoms with Gasteiger partial charge >= 0.3 is 0 Å². The molecular formula is C19H23N3O2. The molecule has 1 amide bonds. The number of benzene rings is 1. The van der Waals surface area contributed by atoms with Gasteiger partial charge in [-0.2, -0.15) is 0 Å². The molecule has 3 heterocycles. The van der Waals surface area contributed by atoms with Gasteiger partial charge in [-0.3, -0.25) is 4.79 Å². The number of likely N-dealkylation sites (tertiary alicyclic amines) is 1. The van der Waals surface area contributed by atoms with E-state index in [2.05, 4.69) is 40.7 Å². The standard InChI is InChI=1S/C19H23N3O2/c1-14-10-20-18(22(14)11-15-6-3-2-4-7-15)16-12-21(13-16)19(23)17-8-5-9-24-17/h2-4,6-7,10,16-17H,5,8-9,11-13H2,1H3. The summed E-state index contributed by atoms with van der Waals surface area (Å²) in [4.78, 5) is 18.9. The molecule has 0 saturated carbocycles. The van der Waals surface area contributed by atoms with Gasteiger partial charge in [0.1, 0.15) is 11.9 Å². The van der Waals surface area contributed by atoms with Crippen LogP contribution in [-0.2, 0) is 16.1 Å². The second kappa shape index (κ2) is 6.40. The van der Waals surface area contributed by atoms with E-state index in [1.165, 1.54) is 5.56 Å². The quantitative estimate of drug-likeness (QED) is 0.867. The summed E-state index contributed by atoms with van der Waals surface area (Å²) >= 11 is 0. The minimum Gasteiger partial charge on any atom is -0.368 e. The highest BCUT2D eigenvalue weighted by molar-refractivity contribution is 5.82. The van der Waals surface area contributed by atoms with Crippen molar-refractivity contribution >= 4 is 5.91 Å². The zero-order valence-corrected chi connectivity index (χ0v) is 14.0. The first-order chi connectivity index (χ1) is 11.7. The second-order valence-electron chi connectivity index (χ2n) is 6.77. The zero-order valence-electron chi connectivity index (χ0n) is 14.0. The summed E-state index contributed by atoms with van der Waals surface area (Å²) < 4.78 is 7.78. The van der Waals surface area contributed by atoms with E-state index >= 15 is 0 Å². The molecule has 4 rings (SSSR count). The van der Waals surface area contributed by atoms with Crippen LogP contribution >= 0.6 is 0 Å². The lowest BCUT2D eigenvalue weighted by atomic mass is 9.97. The number of ether oxygens (including phenoxy) is 1. The third-order valence-corrected chi connectivity index (χ3v) is 5.03. The number of carbonyl (C=O) groups is 1. The van der Waals surface area contributed by atoms with E-state index in [1.807, 2.05) is 17.2 Å². The van der Waals surface area contributed by atoms with Crippen LogP contribution in [0.25, 0.3) is 0 Å². The summed E-state index contributed by atoms with van der Waals surface area (Å²) in [6, 6.07) is 10.4. The van der Waals surface area contributed by atoms with Gasteiger partial charge in [0.05, 0.1) is 5.92 Å². The minimum atomic E-state index is -0.211. The molecule has 126 valence electrons. The van der Waals surface area contributed by atoms with Gasteiger partial charge in [-0.05, 0) is 25.3 Å². The maximum atomic E-state index is 12.4. The molecule has 0 N–H and O–H groups in total. The van der Waals surface area contributed by atoms with Crippen LogP contribution in [0.1, 0.15) is 35.8 Å². The number of amides is 1. The van der Waals surface area contributed by atoms with E-state index in [4.69, 9.17) is 4.74 Å². The van der Waals surface area contributed by atoms with Crippen molar-refractivity contribution in [2.24, 2.45) is 0 Å². The fourth-order valence-corrected chi connectivity index (χ4v) is 3.57. The Morgan fingerprint density at radius 3 is 2.79 bits per heavy atom. The highest BCUT2D eigenvalue weighted by atomic mass is 16.5. The highest BCUT2D eigenvalue weighted by Gasteiger charge is 2.38. The van der Waals surface area contributed by atoms with E-state index in [1.54, 1.807) is 0 Å². The number of aromatic nitrogens is 2. The van der Waals surface area contributed by atoms with Crippen LogP contribution in [0.3, 0.4) is 0 Å². The molecule has 1 aromatic heterocycles. The Hall–Kier alpha value is -2.14. The van der Waals surface area contributed by atoms with Crippen molar-refractivity contribution < 1.29 is 9.53 Å². The first-order valence-electron chi connectivity index (χ1n) is 8.68. The van der Waals surface area contributed by atoms with Gasteiger partial charge in [-0.25, -0.2) is 4.98 Å². The van der Waals surface area contributed by atoms with E-state index in [0.717, 1.165) is 44.0 Å². The summed E-state index contributed by atoms with van der Waals surface area (Å²) in [6.45, 7) is 5.15. The molecule has 2 aliphatic rings. The van der Waals surface area contributed by atoms with Crippen LogP contribution in [-0.4, -0.2) is 46.2 Å². The third-order valence-electron chi connectivity index (χ3n) is 5.03. The van der Waals surface area contributed by atoms with E-state index in [-0.39, 0.29) is 12.0 Å². The molecule has 0 aliphatic carbocycles. The Morgan fingerprint density at radius 1 is 1.29 bits per heavy atom. The van der Waals surface area contributed by atoms with Crippen LogP contribution in [0.4, 0.5) is 0 Å². The van der Waals surface area contributed by atoms with Crippen molar-refractivity contribution in [2.75, 3.05) is 19.7 Å². The van der Waals surface area contributed by atoms with E-state index in [0.29, 0.717) is 12.5 Å². The van der Waals surface area contributed by atoms with Crippen molar-refractivity contribution in [3.63, 3.8) is 0 Å². The van der Waals surface area contributed by atoms with Crippen LogP contribution in [0, 0.1) is 6.92 Å². The molecule has 5 heteroatoms. The first kappa shape index (κ1) is 15.4. The third kappa shape index (κ3) is 2.84. The summed E-state index contributed by atoms with van der Waals surface area (Å²) in [6.07, 6.45) is 3.58. The molecule has 2 saturated heterocycles. The van der Waals surface area contributed by atoms with Crippen molar-refractivity contribution in [3.8, 4) is 0 Å². The first-order valence-corrected chi connectivity index (χ1v) is 8.68. The molecule has 1 unspecified atom stereocenters. The number of imidazole rings is 1. The summed E-state index contributed by atoms with van der Waals surface area (Å²) in [7, 11) is 0. The monoisotopic (exact) mass is 325 g/mol. The van der Waals surface area contributed by atoms with Crippen LogP contribution in [0.15, 0.2) is 36.5 Å². The van der Waals surface area contributed by atoms with Gasteiger partial charge in [-0.1, -0.05) is 30.3 Å². The fraction of sp³-hybridized carbons (Fsp3) is 0.474. The predicted molar refractivity (Wildman–Crippen MR) is 90.8 cm³/mol. The average molecular weight is 325 g/mol. The Kier molecular flexibility index (Phi) is 4.10. The van der Waals surface area contributed by atoms with Gasteiger partial charge in [-0.15, -0.1) is 0 Å². The molecule has 24 heavy (non-hydrogen) atoms. The fourth-order valence-electron chi connectivity index (χ4n) is 3.57. The molecule has 1 atom stereocenters. The minimum absolute atomic E-state index is 0.154. The predicted octanol–water partition coefficient (Wildman–Crippen LogP) is 2.34. The second-order valence-corrected chi connectivity index (χ2v) is 6.77. The van der Waals surface area contributed by atoms with Crippen LogP contribution < -0.4 is 0 Å². The van der Waals surface area contributed by atoms with Gasteiger partial charge in [0.15, 0.2) is 0 Å². The number of nitrogens with zero attached hydrogens (tertiary/aromatic N) is 3. The largest absolute Gasteiger partial charge is 0.368 e. The van der Waals surface area contributed by atoms with Gasteiger partial charge in [0.25, 0.3) is 5.91 Å². The topological polar surface area (TPSA) is 47.4 Å². The number of hydrogen-bond donors (Lipinski definition) is 0. The van der Waals surface area contributed by atoms with Crippen LogP contribution in [0.5, 0.6) is 0 Å². The van der Waals surface area contributed by atoms with Gasteiger partial charge in [0, 0.05) is 38.1 Å². The zero-order chi connectivity index (χ0) is 16.5. The molecule has 0 spiro atoms. The van der Waals surface area contributed by atoms with Crippen molar-refractivity contribution in [1.82, 2.24) is 14.5 Å². The lowest BCUT2D eigenvalue weighted by Crippen LogP contribution is -2.52. The lowest BCUT2D eigenvalue weighted by molar-refractivity contribution is -0.145. The average Bonchev–Trinajstić information content (AvgIpc) is 3.20. The summed E-state index contributed by atoms with van der Waals surface area (Å²) in [5.74, 6) is 1.57. The molecule has 5 nitrogen and oxygen atoms in total. The molecular weight excluding hydrogens is 302 g/mol. The Balaban J connectivity index is 1.44.